The van der Waals surface area contributed by atoms with Crippen LogP contribution in [0.15, 0.2) is 48.5 Å². The zero-order chi connectivity index (χ0) is 23.5. The number of carbonyl (C=O) groups excluding carboxylic acids is 3. The summed E-state index contributed by atoms with van der Waals surface area (Å²) in [6, 6.07) is 9.01. The van der Waals surface area contributed by atoms with E-state index in [1.807, 2.05) is 4.90 Å². The van der Waals surface area contributed by atoms with Crippen molar-refractivity contribution in [3.63, 3.8) is 0 Å². The Hall–Kier alpha value is -3.24. The van der Waals surface area contributed by atoms with E-state index in [0.717, 1.165) is 22.6 Å². The Kier molecular flexibility index (Phi) is 4.84. The van der Waals surface area contributed by atoms with Crippen molar-refractivity contribution in [2.45, 2.75) is 24.7 Å². The highest BCUT2D eigenvalue weighted by Gasteiger charge is 2.73. The van der Waals surface area contributed by atoms with Crippen LogP contribution in [0.3, 0.4) is 0 Å². The van der Waals surface area contributed by atoms with E-state index < -0.39 is 35.8 Å². The molecule has 0 radical (unpaired) electrons. The smallest absolute Gasteiger partial charge is 0.433 e. The van der Waals surface area contributed by atoms with Gasteiger partial charge in [0.25, 0.3) is 5.91 Å². The maximum Gasteiger partial charge on any atom is 0.433 e. The van der Waals surface area contributed by atoms with E-state index in [1.54, 1.807) is 24.3 Å². The first-order valence-electron chi connectivity index (χ1n) is 10.5. The number of halogens is 3. The van der Waals surface area contributed by atoms with Gasteiger partial charge in [0, 0.05) is 6.42 Å². The molecule has 2 aromatic carbocycles. The van der Waals surface area contributed by atoms with Gasteiger partial charge in [-0.15, -0.1) is 0 Å². The molecule has 10 heteroatoms. The number of benzene rings is 2. The molecule has 3 unspecified atom stereocenters. The van der Waals surface area contributed by atoms with Crippen LogP contribution in [0.5, 0.6) is 5.75 Å². The van der Waals surface area contributed by atoms with E-state index in [9.17, 15) is 27.6 Å². The average molecular weight is 460 g/mol. The van der Waals surface area contributed by atoms with Crippen molar-refractivity contribution in [3.05, 3.63) is 59.7 Å². The molecular formula is C23H21F3N3O4+. The summed E-state index contributed by atoms with van der Waals surface area (Å²) in [6.45, 7) is 0.816. The third-order valence-electron chi connectivity index (χ3n) is 6.78. The number of ether oxygens (including phenoxy) is 1. The average Bonchev–Trinajstić information content (AvgIpc) is 3.42. The number of piperazine rings is 1. The number of fused-ring (bicyclic) bond motifs is 1. The summed E-state index contributed by atoms with van der Waals surface area (Å²) in [5.74, 6) is -0.159. The molecule has 3 saturated heterocycles. The number of carbonyl (C=O) groups is 3. The van der Waals surface area contributed by atoms with E-state index in [4.69, 9.17) is 4.74 Å². The number of amides is 3. The number of imide groups is 1. The van der Waals surface area contributed by atoms with Crippen LogP contribution in [0.1, 0.15) is 11.1 Å². The lowest BCUT2D eigenvalue weighted by atomic mass is 9.99. The SMILES string of the molecule is COc1cccc(CC(=O)C2C[N@@]3CC4C(=O)N(c5cccc(C(F)(F)F)c5)C(=O)[N+]24C3)c1. The number of hydrogen-bond donors (Lipinski definition) is 0. The molecule has 33 heavy (non-hydrogen) atoms. The van der Waals surface area contributed by atoms with Gasteiger partial charge in [0.05, 0.1) is 31.5 Å². The molecule has 5 rings (SSSR count). The Balaban J connectivity index is 1.47. The highest BCUT2D eigenvalue weighted by atomic mass is 19.4. The first kappa shape index (κ1) is 21.6. The molecule has 172 valence electrons. The normalized spacial score (nSPS) is 28.4. The van der Waals surface area contributed by atoms with Gasteiger partial charge in [-0.2, -0.15) is 18.1 Å². The third kappa shape index (κ3) is 3.24. The summed E-state index contributed by atoms with van der Waals surface area (Å²) < 4.78 is 44.4. The predicted molar refractivity (Wildman–Crippen MR) is 110 cm³/mol. The second kappa shape index (κ2) is 7.39. The molecule has 3 amide bonds. The number of urea groups is 1. The maximum atomic E-state index is 13.6. The van der Waals surface area contributed by atoms with Gasteiger partial charge in [0.1, 0.15) is 12.4 Å². The topological polar surface area (TPSA) is 66.9 Å². The lowest BCUT2D eigenvalue weighted by Crippen LogP contribution is -2.62. The summed E-state index contributed by atoms with van der Waals surface area (Å²) >= 11 is 0. The molecule has 0 aromatic heterocycles. The summed E-state index contributed by atoms with van der Waals surface area (Å²) in [5.41, 5.74) is -0.346. The molecule has 7 nitrogen and oxygen atoms in total. The van der Waals surface area contributed by atoms with Crippen LogP contribution >= 0.6 is 0 Å². The van der Waals surface area contributed by atoms with Crippen molar-refractivity contribution >= 4 is 23.4 Å². The minimum atomic E-state index is -4.61. The number of ketones is 1. The molecular weight excluding hydrogens is 439 g/mol. The predicted octanol–water partition coefficient (Wildman–Crippen LogP) is 2.83. The molecule has 3 fully saturated rings. The van der Waals surface area contributed by atoms with Gasteiger partial charge in [0.15, 0.2) is 17.9 Å². The van der Waals surface area contributed by atoms with E-state index in [0.29, 0.717) is 18.8 Å². The van der Waals surface area contributed by atoms with E-state index in [-0.39, 0.29) is 29.0 Å². The minimum Gasteiger partial charge on any atom is -0.497 e. The van der Waals surface area contributed by atoms with Crippen molar-refractivity contribution in [1.82, 2.24) is 4.90 Å². The fraction of sp³-hybridized carbons (Fsp3) is 0.348. The number of nitrogens with zero attached hydrogens (tertiary/aromatic N) is 3. The Labute approximate surface area is 187 Å². The van der Waals surface area contributed by atoms with Crippen LogP contribution in [-0.4, -0.2) is 66.1 Å². The van der Waals surface area contributed by atoms with Crippen LogP contribution in [0.2, 0.25) is 0 Å². The number of rotatable bonds is 5. The maximum absolute atomic E-state index is 13.6. The lowest BCUT2D eigenvalue weighted by molar-refractivity contribution is -0.852. The number of alkyl halides is 3. The van der Waals surface area contributed by atoms with E-state index >= 15 is 0 Å². The Bertz CT molecular complexity index is 1170. The Morgan fingerprint density at radius 3 is 2.61 bits per heavy atom. The zero-order valence-electron chi connectivity index (χ0n) is 17.7. The van der Waals surface area contributed by atoms with Gasteiger partial charge in [-0.1, -0.05) is 18.2 Å². The van der Waals surface area contributed by atoms with Crippen LogP contribution in [0, 0.1) is 0 Å². The van der Waals surface area contributed by atoms with Crippen molar-refractivity contribution in [2.75, 3.05) is 31.8 Å². The van der Waals surface area contributed by atoms with Gasteiger partial charge in [-0.05, 0) is 35.9 Å². The van der Waals surface area contributed by atoms with Gasteiger partial charge in [-0.25, -0.2) is 14.2 Å². The summed E-state index contributed by atoms with van der Waals surface area (Å²) in [6.07, 6.45) is -4.54. The molecule has 3 aliphatic rings. The molecule has 2 aromatic rings. The number of methoxy groups -OCH3 is 1. The molecule has 3 aliphatic heterocycles. The third-order valence-corrected chi connectivity index (χ3v) is 6.78. The van der Waals surface area contributed by atoms with Crippen LogP contribution < -0.4 is 9.64 Å². The first-order valence-corrected chi connectivity index (χ1v) is 10.5. The second-order valence-electron chi connectivity index (χ2n) is 8.64. The van der Waals surface area contributed by atoms with Crippen molar-refractivity contribution in [1.29, 1.82) is 0 Å². The minimum absolute atomic E-state index is 0.0630. The molecule has 2 bridgehead atoms. The Morgan fingerprint density at radius 1 is 1.12 bits per heavy atom. The van der Waals surface area contributed by atoms with Crippen LogP contribution in [0.4, 0.5) is 23.7 Å². The number of Topliss-reactive ketones (excluding diaryl/α,β-unsaturated/α-hetero) is 1. The fourth-order valence-electron chi connectivity index (χ4n) is 5.27. The molecule has 3 heterocycles. The standard InChI is InChI=1S/C23H21F3N3O4/c1-33-17-7-2-4-14(8-17)9-20(30)18-11-27-12-19-21(31)28(22(32)29(18,19)13-27)16-6-3-5-15(10-16)23(24,25)26/h2-8,10,18-19H,9,11-13H2,1H3/q+1. The van der Waals surface area contributed by atoms with Gasteiger partial charge >= 0.3 is 12.2 Å². The quantitative estimate of drug-likeness (QED) is 0.507. The second-order valence-corrected chi connectivity index (χ2v) is 8.64. The zero-order valence-corrected chi connectivity index (χ0v) is 17.7. The van der Waals surface area contributed by atoms with Crippen LogP contribution in [0.25, 0.3) is 0 Å². The fourth-order valence-corrected chi connectivity index (χ4v) is 5.27. The van der Waals surface area contributed by atoms with Gasteiger partial charge < -0.3 is 4.74 Å². The lowest BCUT2D eigenvalue weighted by Gasteiger charge is -2.32. The number of hydrogen-bond acceptors (Lipinski definition) is 5. The first-order chi connectivity index (χ1) is 15.6. The number of quaternary nitrogens is 1. The molecule has 0 aliphatic carbocycles. The summed E-state index contributed by atoms with van der Waals surface area (Å²) in [5, 5.41) is 0. The van der Waals surface area contributed by atoms with Gasteiger partial charge in [-0.3, -0.25) is 9.59 Å². The molecule has 0 N–H and O–H groups in total. The van der Waals surface area contributed by atoms with Crippen LogP contribution in [-0.2, 0) is 22.2 Å². The van der Waals surface area contributed by atoms with E-state index in [1.165, 1.54) is 19.2 Å². The molecule has 1 spiro atoms. The van der Waals surface area contributed by atoms with Gasteiger partial charge in [0.2, 0.25) is 0 Å². The van der Waals surface area contributed by atoms with Crippen molar-refractivity contribution in [2.24, 2.45) is 0 Å². The monoisotopic (exact) mass is 460 g/mol. The Morgan fingerprint density at radius 2 is 1.88 bits per heavy atom. The molecule has 4 atom stereocenters. The summed E-state index contributed by atoms with van der Waals surface area (Å²) in [7, 11) is 1.52. The largest absolute Gasteiger partial charge is 0.497 e. The highest BCUT2D eigenvalue weighted by molar-refractivity contribution is 6.18. The highest BCUT2D eigenvalue weighted by Crippen LogP contribution is 2.44. The number of anilines is 1. The van der Waals surface area contributed by atoms with E-state index in [2.05, 4.69) is 0 Å². The van der Waals surface area contributed by atoms with Crippen molar-refractivity contribution in [3.8, 4) is 5.75 Å². The van der Waals surface area contributed by atoms with Crippen molar-refractivity contribution < 1.29 is 36.8 Å². The molecule has 0 saturated carbocycles. The summed E-state index contributed by atoms with van der Waals surface area (Å²) in [4.78, 5) is 42.8.